The van der Waals surface area contributed by atoms with Crippen molar-refractivity contribution in [3.05, 3.63) is 66.9 Å². The Hall–Kier alpha value is -2.39. The first kappa shape index (κ1) is 15.0. The van der Waals surface area contributed by atoms with Crippen molar-refractivity contribution >= 4 is 16.7 Å². The molecule has 1 heterocycles. The lowest BCUT2D eigenvalue weighted by atomic mass is 10.1. The predicted octanol–water partition coefficient (Wildman–Crippen LogP) is -0.112. The molecule has 0 aliphatic rings. The average molecular weight is 299 g/mol. The van der Waals surface area contributed by atoms with E-state index in [1.165, 1.54) is 6.92 Å². The van der Waals surface area contributed by atoms with Gasteiger partial charge in [-0.25, -0.2) is 0 Å². The Balaban J connectivity index is 0.00000161. The minimum Gasteiger partial charge on any atom is -1.00 e. The van der Waals surface area contributed by atoms with Gasteiger partial charge in [-0.15, -0.1) is 5.43 Å². The van der Waals surface area contributed by atoms with Gasteiger partial charge in [0.15, 0.2) is 0 Å². The van der Waals surface area contributed by atoms with E-state index in [-0.39, 0.29) is 18.3 Å². The molecule has 0 fully saturated rings. The van der Waals surface area contributed by atoms with Crippen LogP contribution in [0.25, 0.3) is 22.0 Å². The van der Waals surface area contributed by atoms with Gasteiger partial charge in [0.2, 0.25) is 11.9 Å². The van der Waals surface area contributed by atoms with E-state index in [4.69, 9.17) is 0 Å². The lowest BCUT2D eigenvalue weighted by molar-refractivity contribution is -0.629. The number of carbonyl (C=O) groups is 1. The molecule has 0 unspecified atom stereocenters. The molecule has 3 nitrogen and oxygen atoms in total. The van der Waals surface area contributed by atoms with Crippen molar-refractivity contribution < 1.29 is 21.9 Å². The molecule has 1 N–H and O–H groups in total. The van der Waals surface area contributed by atoms with Gasteiger partial charge in [0.25, 0.3) is 5.91 Å². The van der Waals surface area contributed by atoms with Gasteiger partial charge in [0, 0.05) is 23.9 Å². The quantitative estimate of drug-likeness (QED) is 0.658. The number of carbonyl (C=O) groups excluding carboxylic acids is 1. The highest BCUT2D eigenvalue weighted by molar-refractivity contribution is 5.84. The Kier molecular flexibility index (Phi) is 4.55. The molecule has 2 aromatic carbocycles. The van der Waals surface area contributed by atoms with Gasteiger partial charge in [-0.3, -0.25) is 4.79 Å². The summed E-state index contributed by atoms with van der Waals surface area (Å²) in [7, 11) is 0. The van der Waals surface area contributed by atoms with Crippen LogP contribution in [0.3, 0.4) is 0 Å². The summed E-state index contributed by atoms with van der Waals surface area (Å²) in [4.78, 5) is 11.4. The molecule has 0 bridgehead atoms. The SMILES string of the molecule is CC(=O)N[n+]1cc2ccccc2cc1-c1ccccc1.[Cl-]. The topological polar surface area (TPSA) is 33.0 Å². The van der Waals surface area contributed by atoms with E-state index >= 15 is 0 Å². The van der Waals surface area contributed by atoms with Gasteiger partial charge >= 0.3 is 0 Å². The molecule has 0 spiro atoms. The van der Waals surface area contributed by atoms with E-state index in [2.05, 4.69) is 17.6 Å². The fourth-order valence-electron chi connectivity index (χ4n) is 2.28. The lowest BCUT2D eigenvalue weighted by Crippen LogP contribution is -3.00. The number of amides is 1. The highest BCUT2D eigenvalue weighted by atomic mass is 35.5. The smallest absolute Gasteiger partial charge is 0.271 e. The van der Waals surface area contributed by atoms with Crippen LogP contribution in [0, 0.1) is 0 Å². The molecular weight excluding hydrogens is 284 g/mol. The zero-order chi connectivity index (χ0) is 13.9. The number of hydrogen-bond donors (Lipinski definition) is 1. The van der Waals surface area contributed by atoms with Crippen LogP contribution in [-0.2, 0) is 4.79 Å². The van der Waals surface area contributed by atoms with Crippen LogP contribution in [-0.4, -0.2) is 5.91 Å². The summed E-state index contributed by atoms with van der Waals surface area (Å²) in [6.45, 7) is 1.51. The van der Waals surface area contributed by atoms with Gasteiger partial charge in [0.1, 0.15) is 0 Å². The zero-order valence-electron chi connectivity index (χ0n) is 11.6. The molecule has 0 aliphatic heterocycles. The first-order chi connectivity index (χ1) is 9.74. The highest BCUT2D eigenvalue weighted by Gasteiger charge is 2.16. The van der Waals surface area contributed by atoms with Gasteiger partial charge in [-0.05, 0) is 23.6 Å². The summed E-state index contributed by atoms with van der Waals surface area (Å²) in [5.74, 6) is -0.0949. The van der Waals surface area contributed by atoms with Crippen LogP contribution in [0.4, 0.5) is 0 Å². The van der Waals surface area contributed by atoms with Crippen molar-refractivity contribution in [3.63, 3.8) is 0 Å². The lowest BCUT2D eigenvalue weighted by Gasteiger charge is -2.05. The number of fused-ring (bicyclic) bond motifs is 1. The number of nitrogens with one attached hydrogen (secondary N) is 1. The van der Waals surface area contributed by atoms with Crippen LogP contribution in [0.5, 0.6) is 0 Å². The molecule has 0 radical (unpaired) electrons. The van der Waals surface area contributed by atoms with Crippen molar-refractivity contribution in [2.45, 2.75) is 6.92 Å². The molecule has 1 amide bonds. The van der Waals surface area contributed by atoms with Gasteiger partial charge in [0.05, 0.1) is 0 Å². The van der Waals surface area contributed by atoms with Crippen molar-refractivity contribution in [3.8, 4) is 11.3 Å². The molecule has 0 saturated heterocycles. The maximum Gasteiger partial charge on any atom is 0.271 e. The van der Waals surface area contributed by atoms with Crippen LogP contribution < -0.4 is 22.5 Å². The van der Waals surface area contributed by atoms with Crippen LogP contribution >= 0.6 is 0 Å². The molecule has 106 valence electrons. The number of aromatic nitrogens is 1. The molecule has 3 rings (SSSR count). The van der Waals surface area contributed by atoms with Crippen molar-refractivity contribution in [2.24, 2.45) is 0 Å². The Bertz CT molecular complexity index is 772. The Morgan fingerprint density at radius 1 is 0.952 bits per heavy atom. The van der Waals surface area contributed by atoms with E-state index in [9.17, 15) is 4.79 Å². The molecule has 4 heteroatoms. The monoisotopic (exact) mass is 298 g/mol. The summed E-state index contributed by atoms with van der Waals surface area (Å²) < 4.78 is 1.78. The van der Waals surface area contributed by atoms with E-state index in [0.29, 0.717) is 0 Å². The average Bonchev–Trinajstić information content (AvgIpc) is 2.47. The summed E-state index contributed by atoms with van der Waals surface area (Å²) in [6.07, 6.45) is 1.94. The van der Waals surface area contributed by atoms with Crippen LogP contribution in [0.15, 0.2) is 66.9 Å². The predicted molar refractivity (Wildman–Crippen MR) is 79.6 cm³/mol. The second-order valence-electron chi connectivity index (χ2n) is 4.69. The zero-order valence-corrected chi connectivity index (χ0v) is 12.3. The molecular formula is C17H15ClN2O. The first-order valence-electron chi connectivity index (χ1n) is 6.51. The summed E-state index contributed by atoms with van der Waals surface area (Å²) in [5, 5.41) is 2.23. The van der Waals surface area contributed by atoms with Gasteiger partial charge < -0.3 is 12.4 Å². The molecule has 1 aromatic heterocycles. The maximum atomic E-state index is 11.4. The van der Waals surface area contributed by atoms with Crippen LogP contribution in [0.1, 0.15) is 6.92 Å². The summed E-state index contributed by atoms with van der Waals surface area (Å²) in [6, 6.07) is 20.2. The van der Waals surface area contributed by atoms with Crippen LogP contribution in [0.2, 0.25) is 0 Å². The number of rotatable bonds is 2. The number of pyridine rings is 1. The van der Waals surface area contributed by atoms with E-state index < -0.39 is 0 Å². The normalized spacial score (nSPS) is 9.95. The molecule has 0 atom stereocenters. The standard InChI is InChI=1S/C17H14N2O.ClH/c1-13(20)18-19-12-16-10-6-5-9-15(16)11-17(19)14-7-3-2-4-8-14;/h2-12H,1H3;1H. The fourth-order valence-corrected chi connectivity index (χ4v) is 2.28. The largest absolute Gasteiger partial charge is 1.00 e. The number of benzene rings is 2. The second-order valence-corrected chi connectivity index (χ2v) is 4.69. The third-order valence-electron chi connectivity index (χ3n) is 3.16. The summed E-state index contributed by atoms with van der Waals surface area (Å²) >= 11 is 0. The molecule has 0 saturated carbocycles. The summed E-state index contributed by atoms with van der Waals surface area (Å²) in [5.41, 5.74) is 4.86. The van der Waals surface area contributed by atoms with Crippen molar-refractivity contribution in [2.75, 3.05) is 5.43 Å². The molecule has 0 aliphatic carbocycles. The minimum absolute atomic E-state index is 0. The van der Waals surface area contributed by atoms with Crippen molar-refractivity contribution in [1.82, 2.24) is 0 Å². The highest BCUT2D eigenvalue weighted by Crippen LogP contribution is 2.20. The maximum absolute atomic E-state index is 11.4. The van der Waals surface area contributed by atoms with Gasteiger partial charge in [-0.2, -0.15) is 0 Å². The Labute approximate surface area is 129 Å². The minimum atomic E-state index is -0.0949. The Morgan fingerprint density at radius 3 is 2.24 bits per heavy atom. The number of halogens is 1. The number of nitrogens with zero attached hydrogens (tertiary/aromatic N) is 1. The first-order valence-corrected chi connectivity index (χ1v) is 6.51. The number of hydrogen-bond acceptors (Lipinski definition) is 1. The molecule has 3 aromatic rings. The molecule has 21 heavy (non-hydrogen) atoms. The van der Waals surface area contributed by atoms with E-state index in [0.717, 1.165) is 22.0 Å². The Morgan fingerprint density at radius 2 is 1.57 bits per heavy atom. The third kappa shape index (κ3) is 3.20. The third-order valence-corrected chi connectivity index (χ3v) is 3.16. The van der Waals surface area contributed by atoms with Crippen molar-refractivity contribution in [1.29, 1.82) is 0 Å². The second kappa shape index (κ2) is 6.37. The van der Waals surface area contributed by atoms with E-state index in [1.54, 1.807) is 4.68 Å². The fraction of sp³-hybridized carbons (Fsp3) is 0.0588. The van der Waals surface area contributed by atoms with E-state index in [1.807, 2.05) is 54.7 Å². The van der Waals surface area contributed by atoms with Gasteiger partial charge in [-0.1, -0.05) is 41.1 Å².